The van der Waals surface area contributed by atoms with Crippen LogP contribution in [0.25, 0.3) is 0 Å². The maximum absolute atomic E-state index is 13.1. The van der Waals surface area contributed by atoms with Crippen molar-refractivity contribution in [2.24, 2.45) is 5.92 Å². The van der Waals surface area contributed by atoms with Crippen LogP contribution >= 0.6 is 0 Å². The molecule has 0 aliphatic carbocycles. The second-order valence-electron chi connectivity index (χ2n) is 4.25. The summed E-state index contributed by atoms with van der Waals surface area (Å²) in [4.78, 5) is 21.7. The third-order valence-corrected chi connectivity index (χ3v) is 2.23. The zero-order valence-corrected chi connectivity index (χ0v) is 10.1. The van der Waals surface area contributed by atoms with E-state index in [1.165, 1.54) is 0 Å². The van der Waals surface area contributed by atoms with E-state index in [1.54, 1.807) is 0 Å². The standard InChI is InChI=1S/C11H14FN3O3/c1-6(2)5-14-11(16)7-3-9(13)8(12)4-10(7)15(17)18/h3-4,6H,5,13H2,1-2H3,(H,14,16). The Morgan fingerprint density at radius 2 is 2.17 bits per heavy atom. The predicted molar refractivity (Wildman–Crippen MR) is 64.6 cm³/mol. The molecule has 7 heteroatoms. The van der Waals surface area contributed by atoms with E-state index in [2.05, 4.69) is 5.32 Å². The first-order chi connectivity index (χ1) is 8.32. The highest BCUT2D eigenvalue weighted by atomic mass is 19.1. The van der Waals surface area contributed by atoms with Crippen LogP contribution < -0.4 is 11.1 Å². The fourth-order valence-corrected chi connectivity index (χ4v) is 1.30. The van der Waals surface area contributed by atoms with Crippen LogP contribution in [0.2, 0.25) is 0 Å². The number of anilines is 1. The molecule has 0 bridgehead atoms. The van der Waals surface area contributed by atoms with Crippen molar-refractivity contribution < 1.29 is 14.1 Å². The lowest BCUT2D eigenvalue weighted by atomic mass is 10.1. The number of halogens is 1. The van der Waals surface area contributed by atoms with Gasteiger partial charge in [-0.05, 0) is 12.0 Å². The highest BCUT2D eigenvalue weighted by molar-refractivity contribution is 5.99. The highest BCUT2D eigenvalue weighted by Crippen LogP contribution is 2.24. The number of hydrogen-bond acceptors (Lipinski definition) is 4. The van der Waals surface area contributed by atoms with Gasteiger partial charge in [-0.25, -0.2) is 4.39 Å². The van der Waals surface area contributed by atoms with Gasteiger partial charge in [0.15, 0.2) is 5.82 Å². The molecule has 0 aliphatic heterocycles. The monoisotopic (exact) mass is 255 g/mol. The van der Waals surface area contributed by atoms with Crippen molar-refractivity contribution >= 4 is 17.3 Å². The lowest BCUT2D eigenvalue weighted by Crippen LogP contribution is -2.28. The van der Waals surface area contributed by atoms with Crippen molar-refractivity contribution in [1.82, 2.24) is 5.32 Å². The van der Waals surface area contributed by atoms with Crippen molar-refractivity contribution in [2.45, 2.75) is 13.8 Å². The summed E-state index contributed by atoms with van der Waals surface area (Å²) < 4.78 is 13.1. The van der Waals surface area contributed by atoms with Gasteiger partial charge in [0.2, 0.25) is 0 Å². The van der Waals surface area contributed by atoms with Crippen LogP contribution in [-0.4, -0.2) is 17.4 Å². The van der Waals surface area contributed by atoms with E-state index in [0.29, 0.717) is 12.6 Å². The summed E-state index contributed by atoms with van der Waals surface area (Å²) in [6, 6.07) is 1.63. The minimum absolute atomic E-state index is 0.200. The summed E-state index contributed by atoms with van der Waals surface area (Å²) in [5.74, 6) is -1.35. The molecule has 1 amide bonds. The molecule has 0 saturated heterocycles. The maximum atomic E-state index is 13.1. The molecular formula is C11H14FN3O3. The summed E-state index contributed by atoms with van der Waals surface area (Å²) >= 11 is 0. The number of nitrogens with zero attached hydrogens (tertiary/aromatic N) is 1. The topological polar surface area (TPSA) is 98.3 Å². The van der Waals surface area contributed by atoms with Gasteiger partial charge in [0.25, 0.3) is 11.6 Å². The summed E-state index contributed by atoms with van der Waals surface area (Å²) in [7, 11) is 0. The van der Waals surface area contributed by atoms with Crippen LogP contribution in [0.15, 0.2) is 12.1 Å². The van der Waals surface area contributed by atoms with E-state index in [9.17, 15) is 19.3 Å². The Labute approximate surface area is 103 Å². The molecular weight excluding hydrogens is 241 g/mol. The van der Waals surface area contributed by atoms with Gasteiger partial charge in [-0.2, -0.15) is 0 Å². The molecule has 1 aromatic rings. The van der Waals surface area contributed by atoms with Crippen LogP contribution in [-0.2, 0) is 0 Å². The molecule has 0 saturated carbocycles. The van der Waals surface area contributed by atoms with Crippen LogP contribution in [0.4, 0.5) is 15.8 Å². The van der Waals surface area contributed by atoms with Crippen molar-refractivity contribution in [1.29, 1.82) is 0 Å². The number of nitrogen functional groups attached to an aromatic ring is 1. The normalized spacial score (nSPS) is 10.4. The molecule has 1 aromatic carbocycles. The number of nitrogens with one attached hydrogen (secondary N) is 1. The number of nitro benzene ring substituents is 1. The van der Waals surface area contributed by atoms with E-state index in [1.807, 2.05) is 13.8 Å². The fourth-order valence-electron chi connectivity index (χ4n) is 1.30. The molecule has 0 unspecified atom stereocenters. The lowest BCUT2D eigenvalue weighted by Gasteiger charge is -2.08. The van der Waals surface area contributed by atoms with E-state index in [0.717, 1.165) is 6.07 Å². The second kappa shape index (κ2) is 5.44. The number of nitrogens with two attached hydrogens (primary N) is 1. The Balaban J connectivity index is 3.10. The molecule has 0 fully saturated rings. The summed E-state index contributed by atoms with van der Waals surface area (Å²) in [5, 5.41) is 13.3. The van der Waals surface area contributed by atoms with Crippen molar-refractivity contribution in [3.63, 3.8) is 0 Å². The largest absolute Gasteiger partial charge is 0.396 e. The van der Waals surface area contributed by atoms with Crippen molar-refractivity contribution in [2.75, 3.05) is 12.3 Å². The molecule has 0 aromatic heterocycles. The van der Waals surface area contributed by atoms with Crippen molar-refractivity contribution in [3.05, 3.63) is 33.6 Å². The zero-order chi connectivity index (χ0) is 13.9. The Morgan fingerprint density at radius 1 is 1.56 bits per heavy atom. The lowest BCUT2D eigenvalue weighted by molar-refractivity contribution is -0.385. The molecule has 0 heterocycles. The average Bonchev–Trinajstić information content (AvgIpc) is 2.28. The molecule has 3 N–H and O–H groups in total. The first-order valence-corrected chi connectivity index (χ1v) is 5.34. The third kappa shape index (κ3) is 3.16. The minimum atomic E-state index is -0.915. The van der Waals surface area contributed by atoms with Gasteiger partial charge in [-0.15, -0.1) is 0 Å². The number of carbonyl (C=O) groups is 1. The van der Waals surface area contributed by atoms with Gasteiger partial charge in [0.1, 0.15) is 5.56 Å². The Bertz CT molecular complexity index is 489. The van der Waals surface area contributed by atoms with E-state index in [-0.39, 0.29) is 17.2 Å². The Morgan fingerprint density at radius 3 is 2.67 bits per heavy atom. The van der Waals surface area contributed by atoms with Gasteiger partial charge in [-0.1, -0.05) is 13.8 Å². The van der Waals surface area contributed by atoms with E-state index < -0.39 is 22.3 Å². The number of benzene rings is 1. The molecule has 0 spiro atoms. The van der Waals surface area contributed by atoms with Crippen LogP contribution in [0.1, 0.15) is 24.2 Å². The van der Waals surface area contributed by atoms with Crippen LogP contribution in [0.5, 0.6) is 0 Å². The number of nitro groups is 1. The van der Waals surface area contributed by atoms with Crippen LogP contribution in [0, 0.1) is 21.8 Å². The SMILES string of the molecule is CC(C)CNC(=O)c1cc(N)c(F)cc1[N+](=O)[O-]. The number of carbonyl (C=O) groups excluding carboxylic acids is 1. The first-order valence-electron chi connectivity index (χ1n) is 5.34. The molecule has 1 rings (SSSR count). The van der Waals surface area contributed by atoms with E-state index >= 15 is 0 Å². The molecule has 0 aliphatic rings. The Hall–Kier alpha value is -2.18. The van der Waals surface area contributed by atoms with Gasteiger partial charge in [0.05, 0.1) is 16.7 Å². The van der Waals surface area contributed by atoms with Gasteiger partial charge >= 0.3 is 0 Å². The van der Waals surface area contributed by atoms with Crippen molar-refractivity contribution in [3.8, 4) is 0 Å². The molecule has 18 heavy (non-hydrogen) atoms. The fraction of sp³-hybridized carbons (Fsp3) is 0.364. The smallest absolute Gasteiger partial charge is 0.285 e. The number of hydrogen-bond donors (Lipinski definition) is 2. The quantitative estimate of drug-likeness (QED) is 0.486. The molecule has 0 radical (unpaired) electrons. The summed E-state index contributed by atoms with van der Waals surface area (Å²) in [5.41, 5.74) is 4.18. The summed E-state index contributed by atoms with van der Waals surface area (Å²) in [6.07, 6.45) is 0. The minimum Gasteiger partial charge on any atom is -0.396 e. The maximum Gasteiger partial charge on any atom is 0.285 e. The molecule has 0 atom stereocenters. The number of amides is 1. The predicted octanol–water partition coefficient (Wildman–Crippen LogP) is 1.70. The summed E-state index contributed by atoms with van der Waals surface area (Å²) in [6.45, 7) is 4.13. The van der Waals surface area contributed by atoms with Gasteiger partial charge < -0.3 is 11.1 Å². The van der Waals surface area contributed by atoms with Gasteiger partial charge in [-0.3, -0.25) is 14.9 Å². The average molecular weight is 255 g/mol. The first kappa shape index (κ1) is 13.9. The van der Waals surface area contributed by atoms with Gasteiger partial charge in [0, 0.05) is 6.54 Å². The third-order valence-electron chi connectivity index (χ3n) is 2.23. The molecule has 6 nitrogen and oxygen atoms in total. The van der Waals surface area contributed by atoms with Crippen LogP contribution in [0.3, 0.4) is 0 Å². The molecule has 98 valence electrons. The van der Waals surface area contributed by atoms with E-state index in [4.69, 9.17) is 5.73 Å². The Kier molecular flexibility index (Phi) is 4.19. The highest BCUT2D eigenvalue weighted by Gasteiger charge is 2.22. The second-order valence-corrected chi connectivity index (χ2v) is 4.25. The zero-order valence-electron chi connectivity index (χ0n) is 10.1. The number of rotatable bonds is 4.